The van der Waals surface area contributed by atoms with E-state index in [4.69, 9.17) is 0 Å². The molecule has 84 valence electrons. The summed E-state index contributed by atoms with van der Waals surface area (Å²) in [7, 11) is -0.117. The van der Waals surface area contributed by atoms with Gasteiger partial charge < -0.3 is 0 Å². The maximum absolute atomic E-state index is 2.39. The molecule has 0 amide bonds. The summed E-state index contributed by atoms with van der Waals surface area (Å²) < 4.78 is 0. The average Bonchev–Trinajstić information content (AvgIpc) is 2.26. The first-order chi connectivity index (χ1) is 7.50. The van der Waals surface area contributed by atoms with E-state index in [9.17, 15) is 0 Å². The van der Waals surface area contributed by atoms with Crippen molar-refractivity contribution >= 4 is 24.0 Å². The van der Waals surface area contributed by atoms with E-state index in [0.717, 1.165) is 0 Å². The van der Waals surface area contributed by atoms with Crippen LogP contribution in [0.4, 0.5) is 0 Å². The lowest BCUT2D eigenvalue weighted by Crippen LogP contribution is -2.18. The second-order valence-corrected chi connectivity index (χ2v) is 8.17. The van der Waals surface area contributed by atoms with E-state index in [0.29, 0.717) is 5.16 Å². The number of fused-ring (bicyclic) bond motifs is 1. The minimum atomic E-state index is -0.117. The number of hydrogen-bond donors (Lipinski definition) is 0. The van der Waals surface area contributed by atoms with Crippen molar-refractivity contribution in [1.29, 1.82) is 0 Å². The van der Waals surface area contributed by atoms with Crippen LogP contribution in [0.1, 0.15) is 20.8 Å². The third-order valence-electron chi connectivity index (χ3n) is 3.13. The predicted molar refractivity (Wildman–Crippen MR) is 76.2 cm³/mol. The standard InChI is InChI=1S/C15H19P/c1-15(2,3)16(4)14-11-7-9-12-8-5-6-10-13(12)14/h5-11H,1-4H3/t16-/m0/s1. The van der Waals surface area contributed by atoms with Crippen molar-refractivity contribution in [3.63, 3.8) is 0 Å². The minimum Gasteiger partial charge on any atom is -0.0723 e. The molecule has 0 saturated heterocycles. The van der Waals surface area contributed by atoms with Crippen molar-refractivity contribution in [1.82, 2.24) is 0 Å². The second-order valence-electron chi connectivity index (χ2n) is 5.23. The lowest BCUT2D eigenvalue weighted by atomic mass is 10.1. The highest BCUT2D eigenvalue weighted by Gasteiger charge is 2.22. The van der Waals surface area contributed by atoms with Crippen LogP contribution < -0.4 is 5.30 Å². The molecule has 0 aliphatic rings. The summed E-state index contributed by atoms with van der Waals surface area (Å²) in [6, 6.07) is 15.4. The molecule has 1 atom stereocenters. The maximum Gasteiger partial charge on any atom is -0.0107 e. The summed E-state index contributed by atoms with van der Waals surface area (Å²) in [6.07, 6.45) is 0. The largest absolute Gasteiger partial charge is 0.0723 e. The Labute approximate surface area is 99.4 Å². The van der Waals surface area contributed by atoms with E-state index < -0.39 is 0 Å². The highest BCUT2D eigenvalue weighted by atomic mass is 31.1. The molecule has 0 spiro atoms. The van der Waals surface area contributed by atoms with Gasteiger partial charge in [0.25, 0.3) is 0 Å². The molecule has 0 fully saturated rings. The molecule has 0 bridgehead atoms. The average molecular weight is 230 g/mol. The van der Waals surface area contributed by atoms with Gasteiger partial charge in [0.15, 0.2) is 0 Å². The van der Waals surface area contributed by atoms with Gasteiger partial charge >= 0.3 is 0 Å². The third kappa shape index (κ3) is 2.13. The lowest BCUT2D eigenvalue weighted by molar-refractivity contribution is 0.791. The summed E-state index contributed by atoms with van der Waals surface area (Å²) in [6.45, 7) is 9.39. The van der Waals surface area contributed by atoms with Crippen LogP contribution in [0, 0.1) is 0 Å². The van der Waals surface area contributed by atoms with Gasteiger partial charge in [0, 0.05) is 0 Å². The van der Waals surface area contributed by atoms with Crippen LogP contribution in [0.25, 0.3) is 10.8 Å². The Morgan fingerprint density at radius 3 is 2.19 bits per heavy atom. The summed E-state index contributed by atoms with van der Waals surface area (Å²) in [4.78, 5) is 0. The quantitative estimate of drug-likeness (QED) is 0.638. The summed E-state index contributed by atoms with van der Waals surface area (Å²) in [5.41, 5.74) is 0. The molecule has 2 rings (SSSR count). The molecule has 0 aliphatic carbocycles. The van der Waals surface area contributed by atoms with Crippen molar-refractivity contribution < 1.29 is 0 Å². The molecule has 0 unspecified atom stereocenters. The van der Waals surface area contributed by atoms with Gasteiger partial charge in [-0.3, -0.25) is 0 Å². The maximum atomic E-state index is 2.39. The first-order valence-corrected chi connectivity index (χ1v) is 7.50. The second kappa shape index (κ2) is 4.18. The van der Waals surface area contributed by atoms with E-state index in [1.54, 1.807) is 0 Å². The predicted octanol–water partition coefficient (Wildman–Crippen LogP) is 4.38. The Morgan fingerprint density at radius 1 is 0.875 bits per heavy atom. The molecule has 0 saturated carbocycles. The van der Waals surface area contributed by atoms with Gasteiger partial charge in [-0.15, -0.1) is 0 Å². The smallest absolute Gasteiger partial charge is 0.0107 e. The Bertz CT molecular complexity index is 489. The Kier molecular flexibility index (Phi) is 3.04. The van der Waals surface area contributed by atoms with E-state index in [2.05, 4.69) is 69.9 Å². The van der Waals surface area contributed by atoms with Crippen LogP contribution in [0.2, 0.25) is 0 Å². The van der Waals surface area contributed by atoms with Crippen molar-refractivity contribution in [3.8, 4) is 0 Å². The normalized spacial score (nSPS) is 14.0. The third-order valence-corrected chi connectivity index (χ3v) is 6.26. The fourth-order valence-electron chi connectivity index (χ4n) is 1.86. The first-order valence-electron chi connectivity index (χ1n) is 5.72. The first kappa shape index (κ1) is 11.6. The van der Waals surface area contributed by atoms with Crippen LogP contribution in [0.15, 0.2) is 42.5 Å². The fourth-order valence-corrected chi connectivity index (χ4v) is 3.46. The van der Waals surface area contributed by atoms with Crippen molar-refractivity contribution in [3.05, 3.63) is 42.5 Å². The summed E-state index contributed by atoms with van der Waals surface area (Å²) >= 11 is 0. The number of benzene rings is 2. The molecule has 0 N–H and O–H groups in total. The zero-order valence-electron chi connectivity index (χ0n) is 10.5. The molecule has 0 nitrogen and oxygen atoms in total. The lowest BCUT2D eigenvalue weighted by Gasteiger charge is -2.29. The topological polar surface area (TPSA) is 0 Å². The minimum absolute atomic E-state index is 0.117. The summed E-state index contributed by atoms with van der Waals surface area (Å²) in [5.74, 6) is 0. The Balaban J connectivity index is 2.61. The molecule has 0 radical (unpaired) electrons. The molecule has 0 aliphatic heterocycles. The van der Waals surface area contributed by atoms with Crippen molar-refractivity contribution in [2.75, 3.05) is 6.66 Å². The van der Waals surface area contributed by atoms with Crippen LogP contribution in [0.5, 0.6) is 0 Å². The van der Waals surface area contributed by atoms with Crippen LogP contribution in [-0.4, -0.2) is 11.8 Å². The van der Waals surface area contributed by atoms with Gasteiger partial charge in [0.05, 0.1) is 0 Å². The van der Waals surface area contributed by atoms with E-state index in [-0.39, 0.29) is 7.92 Å². The van der Waals surface area contributed by atoms with Crippen LogP contribution >= 0.6 is 7.92 Å². The van der Waals surface area contributed by atoms with Gasteiger partial charge in [0.2, 0.25) is 0 Å². The van der Waals surface area contributed by atoms with Crippen molar-refractivity contribution in [2.45, 2.75) is 25.9 Å². The zero-order chi connectivity index (χ0) is 11.8. The monoisotopic (exact) mass is 230 g/mol. The SMILES string of the molecule is C[P@@](c1cccc2ccccc12)C(C)(C)C. The highest BCUT2D eigenvalue weighted by molar-refractivity contribution is 7.66. The van der Waals surface area contributed by atoms with E-state index >= 15 is 0 Å². The number of hydrogen-bond acceptors (Lipinski definition) is 0. The Morgan fingerprint density at radius 2 is 1.50 bits per heavy atom. The summed E-state index contributed by atoms with van der Waals surface area (Å²) in [5, 5.41) is 4.69. The zero-order valence-corrected chi connectivity index (χ0v) is 11.4. The highest BCUT2D eigenvalue weighted by Crippen LogP contribution is 2.46. The van der Waals surface area contributed by atoms with Gasteiger partial charge in [-0.25, -0.2) is 0 Å². The van der Waals surface area contributed by atoms with Crippen molar-refractivity contribution in [2.24, 2.45) is 0 Å². The Hall–Kier alpha value is -0.870. The fraction of sp³-hybridized carbons (Fsp3) is 0.333. The van der Waals surface area contributed by atoms with Crippen LogP contribution in [-0.2, 0) is 0 Å². The van der Waals surface area contributed by atoms with Gasteiger partial charge in [0.1, 0.15) is 0 Å². The number of rotatable bonds is 1. The molecular weight excluding hydrogens is 211 g/mol. The van der Waals surface area contributed by atoms with Crippen LogP contribution in [0.3, 0.4) is 0 Å². The molecule has 2 aromatic rings. The van der Waals surface area contributed by atoms with Gasteiger partial charge in [-0.1, -0.05) is 71.2 Å². The van der Waals surface area contributed by atoms with E-state index in [1.165, 1.54) is 16.1 Å². The van der Waals surface area contributed by atoms with E-state index in [1.807, 2.05) is 0 Å². The molecule has 16 heavy (non-hydrogen) atoms. The molecule has 0 heterocycles. The molecular formula is C15H19P. The van der Waals surface area contributed by atoms with Gasteiger partial charge in [-0.05, 0) is 27.9 Å². The molecule has 2 aromatic carbocycles. The molecule has 1 heteroatoms. The molecule has 0 aromatic heterocycles. The van der Waals surface area contributed by atoms with Gasteiger partial charge in [-0.2, -0.15) is 0 Å².